The number of rotatable bonds is 4. The highest BCUT2D eigenvalue weighted by molar-refractivity contribution is 5.92. The lowest BCUT2D eigenvalue weighted by Crippen LogP contribution is -2.34. The first-order valence-electron chi connectivity index (χ1n) is 9.34. The fourth-order valence-electron chi connectivity index (χ4n) is 3.75. The molecule has 144 valence electrons. The molecule has 28 heavy (non-hydrogen) atoms. The molecule has 0 spiro atoms. The smallest absolute Gasteiger partial charge is 0.322 e. The summed E-state index contributed by atoms with van der Waals surface area (Å²) in [6, 6.07) is 15.5. The second-order valence-electron chi connectivity index (χ2n) is 6.81. The molecule has 2 amide bonds. The first kappa shape index (κ1) is 18.1. The summed E-state index contributed by atoms with van der Waals surface area (Å²) in [5.74, 6) is 1.36. The Hall–Kier alpha value is -3.28. The minimum Gasteiger partial charge on any atom is -0.493 e. The number of anilines is 1. The van der Waals surface area contributed by atoms with E-state index in [1.165, 1.54) is 0 Å². The summed E-state index contributed by atoms with van der Waals surface area (Å²) in [5, 5.41) is 3.99. The zero-order chi connectivity index (χ0) is 19.5. The molecule has 0 saturated carbocycles. The lowest BCUT2D eigenvalue weighted by atomic mass is 10.0. The third kappa shape index (κ3) is 3.45. The van der Waals surface area contributed by atoms with Gasteiger partial charge >= 0.3 is 6.03 Å². The Labute approximate surface area is 164 Å². The van der Waals surface area contributed by atoms with Crippen molar-refractivity contribution in [2.45, 2.75) is 18.9 Å². The van der Waals surface area contributed by atoms with E-state index < -0.39 is 0 Å². The molecule has 1 aromatic heterocycles. The topological polar surface area (TPSA) is 63.7 Å². The number of carbonyl (C=O) groups is 1. The van der Waals surface area contributed by atoms with Gasteiger partial charge in [-0.1, -0.05) is 24.3 Å². The van der Waals surface area contributed by atoms with Gasteiger partial charge in [-0.15, -0.1) is 0 Å². The highest BCUT2D eigenvalue weighted by atomic mass is 16.5. The first-order valence-corrected chi connectivity index (χ1v) is 9.34. The number of hydrogen-bond donors (Lipinski definition) is 1. The van der Waals surface area contributed by atoms with Crippen LogP contribution in [0.15, 0.2) is 54.7 Å². The van der Waals surface area contributed by atoms with Gasteiger partial charge in [0.25, 0.3) is 0 Å². The number of para-hydroxylation sites is 1. The summed E-state index contributed by atoms with van der Waals surface area (Å²) >= 11 is 0. The summed E-state index contributed by atoms with van der Waals surface area (Å²) in [6.07, 6.45) is 3.57. The maximum Gasteiger partial charge on any atom is 0.322 e. The van der Waals surface area contributed by atoms with Gasteiger partial charge in [-0.25, -0.2) is 4.79 Å². The normalized spacial score (nSPS) is 16.2. The number of fused-ring (bicyclic) bond motifs is 1. The Balaban J connectivity index is 1.54. The summed E-state index contributed by atoms with van der Waals surface area (Å²) in [6.45, 7) is 0.714. The van der Waals surface area contributed by atoms with E-state index >= 15 is 0 Å². The fourth-order valence-corrected chi connectivity index (χ4v) is 3.75. The number of benzene rings is 2. The number of nitrogens with one attached hydrogen (secondary N) is 1. The van der Waals surface area contributed by atoms with Crippen molar-refractivity contribution < 1.29 is 14.3 Å². The monoisotopic (exact) mass is 377 g/mol. The molecule has 6 heteroatoms. The maximum atomic E-state index is 12.9. The largest absolute Gasteiger partial charge is 0.493 e. The minimum absolute atomic E-state index is 0.00761. The Bertz CT molecular complexity index is 1010. The number of amides is 2. The maximum absolute atomic E-state index is 12.9. The average Bonchev–Trinajstić information content (AvgIpc) is 3.23. The number of pyridine rings is 1. The predicted octanol–water partition coefficient (Wildman–Crippen LogP) is 4.62. The zero-order valence-electron chi connectivity index (χ0n) is 16.0. The SMILES string of the molecule is COc1ccc(C2CCCN2C(=O)Nc2cnc3ccccc3c2)cc1OC. The van der Waals surface area contributed by atoms with Gasteiger partial charge in [-0.3, -0.25) is 4.98 Å². The van der Waals surface area contributed by atoms with Crippen LogP contribution in [0.25, 0.3) is 10.9 Å². The molecule has 3 aromatic rings. The van der Waals surface area contributed by atoms with Crippen LogP contribution >= 0.6 is 0 Å². The lowest BCUT2D eigenvalue weighted by Gasteiger charge is -2.26. The van der Waals surface area contributed by atoms with Crippen LogP contribution in [0, 0.1) is 0 Å². The molecule has 2 heterocycles. The van der Waals surface area contributed by atoms with Crippen LogP contribution in [-0.4, -0.2) is 36.7 Å². The highest BCUT2D eigenvalue weighted by Crippen LogP contribution is 2.37. The van der Waals surface area contributed by atoms with Crippen molar-refractivity contribution in [1.82, 2.24) is 9.88 Å². The van der Waals surface area contributed by atoms with E-state index in [4.69, 9.17) is 9.47 Å². The van der Waals surface area contributed by atoms with Crippen molar-refractivity contribution in [1.29, 1.82) is 0 Å². The van der Waals surface area contributed by atoms with E-state index in [0.29, 0.717) is 23.7 Å². The van der Waals surface area contributed by atoms with Gasteiger partial charge in [0.2, 0.25) is 0 Å². The van der Waals surface area contributed by atoms with Crippen LogP contribution in [0.2, 0.25) is 0 Å². The molecule has 1 aliphatic rings. The van der Waals surface area contributed by atoms with Crippen LogP contribution < -0.4 is 14.8 Å². The molecule has 1 unspecified atom stereocenters. The molecule has 0 bridgehead atoms. The van der Waals surface area contributed by atoms with Crippen LogP contribution in [0.5, 0.6) is 11.5 Å². The van der Waals surface area contributed by atoms with Crippen LogP contribution in [-0.2, 0) is 0 Å². The van der Waals surface area contributed by atoms with Gasteiger partial charge in [0.1, 0.15) is 0 Å². The minimum atomic E-state index is -0.116. The molecule has 0 aliphatic carbocycles. The number of nitrogens with zero attached hydrogens (tertiary/aromatic N) is 2. The van der Waals surface area contributed by atoms with Crippen molar-refractivity contribution in [3.63, 3.8) is 0 Å². The molecule has 1 fully saturated rings. The van der Waals surface area contributed by atoms with Crippen molar-refractivity contribution in [2.24, 2.45) is 0 Å². The van der Waals surface area contributed by atoms with Gasteiger partial charge in [0.15, 0.2) is 11.5 Å². The Morgan fingerprint density at radius 1 is 1.11 bits per heavy atom. The van der Waals surface area contributed by atoms with E-state index in [1.54, 1.807) is 20.4 Å². The number of carbonyl (C=O) groups excluding carboxylic acids is 1. The van der Waals surface area contributed by atoms with Gasteiger partial charge < -0.3 is 19.7 Å². The van der Waals surface area contributed by atoms with E-state index in [0.717, 1.165) is 29.3 Å². The summed E-state index contributed by atoms with van der Waals surface area (Å²) in [4.78, 5) is 19.2. The number of aromatic nitrogens is 1. The molecule has 1 saturated heterocycles. The molecular weight excluding hydrogens is 354 g/mol. The average molecular weight is 377 g/mol. The molecule has 4 rings (SSSR count). The van der Waals surface area contributed by atoms with Crippen LogP contribution in [0.4, 0.5) is 10.5 Å². The van der Waals surface area contributed by atoms with E-state index in [9.17, 15) is 4.79 Å². The molecule has 0 radical (unpaired) electrons. The number of hydrogen-bond acceptors (Lipinski definition) is 4. The van der Waals surface area contributed by atoms with Crippen LogP contribution in [0.3, 0.4) is 0 Å². The van der Waals surface area contributed by atoms with Gasteiger partial charge in [-0.05, 0) is 42.7 Å². The lowest BCUT2D eigenvalue weighted by molar-refractivity contribution is 0.207. The number of likely N-dealkylation sites (tertiary alicyclic amines) is 1. The van der Waals surface area contributed by atoms with Crippen molar-refractivity contribution >= 4 is 22.6 Å². The van der Waals surface area contributed by atoms with Crippen LogP contribution in [0.1, 0.15) is 24.4 Å². The second-order valence-corrected chi connectivity index (χ2v) is 6.81. The van der Waals surface area contributed by atoms with Gasteiger partial charge in [0, 0.05) is 11.9 Å². The Kier molecular flexibility index (Phi) is 5.02. The van der Waals surface area contributed by atoms with E-state index in [1.807, 2.05) is 53.4 Å². The van der Waals surface area contributed by atoms with E-state index in [-0.39, 0.29) is 12.1 Å². The molecule has 1 atom stereocenters. The number of urea groups is 1. The number of methoxy groups -OCH3 is 2. The fraction of sp³-hybridized carbons (Fsp3) is 0.273. The third-order valence-corrected chi connectivity index (χ3v) is 5.15. The van der Waals surface area contributed by atoms with E-state index in [2.05, 4.69) is 10.3 Å². The molecule has 2 aromatic carbocycles. The summed E-state index contributed by atoms with van der Waals surface area (Å²) < 4.78 is 10.7. The number of ether oxygens (including phenoxy) is 2. The Morgan fingerprint density at radius 2 is 1.93 bits per heavy atom. The summed E-state index contributed by atoms with van der Waals surface area (Å²) in [7, 11) is 3.23. The quantitative estimate of drug-likeness (QED) is 0.720. The zero-order valence-corrected chi connectivity index (χ0v) is 16.0. The second kappa shape index (κ2) is 7.76. The van der Waals surface area contributed by atoms with Gasteiger partial charge in [0.05, 0.1) is 37.7 Å². The van der Waals surface area contributed by atoms with Crippen molar-refractivity contribution in [3.05, 3.63) is 60.3 Å². The Morgan fingerprint density at radius 3 is 2.75 bits per heavy atom. The molecule has 1 N–H and O–H groups in total. The standard InChI is InChI=1S/C22H23N3O3/c1-27-20-10-9-16(13-21(20)28-2)19-8-5-11-25(19)22(26)24-17-12-15-6-3-4-7-18(15)23-14-17/h3-4,6-7,9-10,12-14,19H,5,8,11H2,1-2H3,(H,24,26). The van der Waals surface area contributed by atoms with Crippen molar-refractivity contribution in [3.8, 4) is 11.5 Å². The highest BCUT2D eigenvalue weighted by Gasteiger charge is 2.30. The molecule has 1 aliphatic heterocycles. The van der Waals surface area contributed by atoms with Gasteiger partial charge in [-0.2, -0.15) is 0 Å². The molecule has 6 nitrogen and oxygen atoms in total. The summed E-state index contributed by atoms with van der Waals surface area (Å²) in [5.41, 5.74) is 2.65. The van der Waals surface area contributed by atoms with Crippen molar-refractivity contribution in [2.75, 3.05) is 26.1 Å². The molecular formula is C22H23N3O3. The predicted molar refractivity (Wildman–Crippen MR) is 109 cm³/mol. The third-order valence-electron chi connectivity index (χ3n) is 5.15. The first-order chi connectivity index (χ1) is 13.7.